The van der Waals surface area contributed by atoms with Crippen molar-refractivity contribution in [3.8, 4) is 0 Å². The molecular weight excluding hydrogens is 252 g/mol. The third kappa shape index (κ3) is 2.35. The number of rotatable bonds is 6. The lowest BCUT2D eigenvalue weighted by molar-refractivity contribution is -0.137. The van der Waals surface area contributed by atoms with Crippen molar-refractivity contribution in [2.75, 3.05) is 0 Å². The highest BCUT2D eigenvalue weighted by molar-refractivity contribution is 7.16. The minimum Gasteiger partial charge on any atom is -0.481 e. The van der Waals surface area contributed by atoms with Gasteiger partial charge in [-0.25, -0.2) is 0 Å². The lowest BCUT2D eigenvalue weighted by atomic mass is 10.2. The number of unbranched alkanes of at least 4 members (excludes halogenated alkanes) is 1. The van der Waals surface area contributed by atoms with Crippen LogP contribution in [0.15, 0.2) is 0 Å². The van der Waals surface area contributed by atoms with E-state index in [0.717, 1.165) is 28.6 Å². The average Bonchev–Trinajstić information content (AvgIpc) is 2.97. The Balaban J connectivity index is 1.64. The van der Waals surface area contributed by atoms with Gasteiger partial charge in [0.2, 0.25) is 4.96 Å². The molecule has 3 rings (SSSR count). The Morgan fingerprint density at radius 1 is 1.39 bits per heavy atom. The van der Waals surface area contributed by atoms with Crippen LogP contribution in [0.4, 0.5) is 0 Å². The molecule has 2 heterocycles. The molecule has 0 bridgehead atoms. The summed E-state index contributed by atoms with van der Waals surface area (Å²) >= 11 is 1.55. The van der Waals surface area contributed by atoms with Gasteiger partial charge in [0, 0.05) is 18.8 Å². The summed E-state index contributed by atoms with van der Waals surface area (Å²) in [5.41, 5.74) is 0. The van der Waals surface area contributed by atoms with Crippen LogP contribution >= 0.6 is 11.3 Å². The molecular formula is C11H14N4O2S. The molecule has 0 spiro atoms. The Labute approximate surface area is 108 Å². The molecule has 6 nitrogen and oxygen atoms in total. The number of fused-ring (bicyclic) bond motifs is 1. The number of aromatic nitrogens is 4. The summed E-state index contributed by atoms with van der Waals surface area (Å²) in [5.74, 6) is 0.796. The van der Waals surface area contributed by atoms with Crippen molar-refractivity contribution >= 4 is 22.3 Å². The van der Waals surface area contributed by atoms with E-state index < -0.39 is 5.97 Å². The number of aryl methyl sites for hydroxylation is 1. The molecule has 0 saturated heterocycles. The number of carboxylic acid groups (broad SMARTS) is 1. The summed E-state index contributed by atoms with van der Waals surface area (Å²) in [4.78, 5) is 11.3. The number of hydrogen-bond donors (Lipinski definition) is 1. The zero-order valence-corrected chi connectivity index (χ0v) is 10.7. The fourth-order valence-corrected chi connectivity index (χ4v) is 2.80. The minimum absolute atomic E-state index is 0.234. The van der Waals surface area contributed by atoms with Gasteiger partial charge in [0.05, 0.1) is 0 Å². The Bertz CT molecular complexity index is 573. The summed E-state index contributed by atoms with van der Waals surface area (Å²) < 4.78 is 1.86. The number of nitrogens with zero attached hydrogens (tertiary/aromatic N) is 4. The number of aliphatic carboxylic acids is 1. The third-order valence-corrected chi connectivity index (χ3v) is 3.99. The fraction of sp³-hybridized carbons (Fsp3) is 0.636. The first-order valence-corrected chi connectivity index (χ1v) is 6.98. The molecule has 1 saturated carbocycles. The van der Waals surface area contributed by atoms with Gasteiger partial charge in [0.15, 0.2) is 5.82 Å². The molecule has 0 atom stereocenters. The molecule has 1 aliphatic rings. The van der Waals surface area contributed by atoms with E-state index in [1.165, 1.54) is 12.8 Å². The molecule has 0 unspecified atom stereocenters. The van der Waals surface area contributed by atoms with Gasteiger partial charge >= 0.3 is 5.97 Å². The van der Waals surface area contributed by atoms with Crippen molar-refractivity contribution in [2.24, 2.45) is 0 Å². The summed E-state index contributed by atoms with van der Waals surface area (Å²) in [6.07, 6.45) is 4.99. The summed E-state index contributed by atoms with van der Waals surface area (Å²) in [6.45, 7) is 0. The van der Waals surface area contributed by atoms with Crippen LogP contribution in [0.25, 0.3) is 4.96 Å². The molecule has 2 aromatic rings. The molecule has 1 N–H and O–H groups in total. The zero-order valence-electron chi connectivity index (χ0n) is 9.87. The van der Waals surface area contributed by atoms with Crippen molar-refractivity contribution in [1.29, 1.82) is 0 Å². The van der Waals surface area contributed by atoms with E-state index in [1.54, 1.807) is 11.3 Å². The first-order chi connectivity index (χ1) is 8.74. The lowest BCUT2D eigenvalue weighted by Gasteiger charge is -1.94. The molecule has 1 fully saturated rings. The van der Waals surface area contributed by atoms with Crippen LogP contribution in [-0.4, -0.2) is 30.9 Å². The molecule has 0 radical (unpaired) electrons. The van der Waals surface area contributed by atoms with Crippen molar-refractivity contribution in [3.63, 3.8) is 0 Å². The van der Waals surface area contributed by atoms with E-state index in [9.17, 15) is 4.79 Å². The van der Waals surface area contributed by atoms with Gasteiger partial charge in [-0.15, -0.1) is 10.2 Å². The highest BCUT2D eigenvalue weighted by Gasteiger charge is 2.29. The van der Waals surface area contributed by atoms with Crippen LogP contribution in [0, 0.1) is 0 Å². The minimum atomic E-state index is -0.732. The highest BCUT2D eigenvalue weighted by Crippen LogP contribution is 2.39. The predicted molar refractivity (Wildman–Crippen MR) is 65.8 cm³/mol. The second-order valence-corrected chi connectivity index (χ2v) is 5.66. The van der Waals surface area contributed by atoms with E-state index in [4.69, 9.17) is 5.11 Å². The largest absolute Gasteiger partial charge is 0.481 e. The Morgan fingerprint density at radius 3 is 2.94 bits per heavy atom. The maximum absolute atomic E-state index is 10.4. The normalized spacial score (nSPS) is 15.3. The van der Waals surface area contributed by atoms with Crippen LogP contribution in [0.5, 0.6) is 0 Å². The molecule has 0 amide bonds. The Morgan fingerprint density at radius 2 is 2.22 bits per heavy atom. The summed E-state index contributed by atoms with van der Waals surface area (Å²) in [7, 11) is 0. The van der Waals surface area contributed by atoms with Crippen LogP contribution in [0.2, 0.25) is 0 Å². The monoisotopic (exact) mass is 266 g/mol. The van der Waals surface area contributed by atoms with Crippen molar-refractivity contribution in [1.82, 2.24) is 19.8 Å². The van der Waals surface area contributed by atoms with Crippen LogP contribution in [-0.2, 0) is 11.2 Å². The number of hydrogen-bond acceptors (Lipinski definition) is 5. The topological polar surface area (TPSA) is 80.4 Å². The lowest BCUT2D eigenvalue weighted by Crippen LogP contribution is -1.96. The van der Waals surface area contributed by atoms with E-state index in [-0.39, 0.29) is 6.42 Å². The highest BCUT2D eigenvalue weighted by atomic mass is 32.1. The molecule has 0 aromatic carbocycles. The quantitative estimate of drug-likeness (QED) is 0.807. The fourth-order valence-electron chi connectivity index (χ4n) is 1.92. The average molecular weight is 266 g/mol. The summed E-state index contributed by atoms with van der Waals surface area (Å²) in [6, 6.07) is 0. The molecule has 2 aromatic heterocycles. The first-order valence-electron chi connectivity index (χ1n) is 6.17. The zero-order chi connectivity index (χ0) is 12.5. The molecule has 7 heteroatoms. The third-order valence-electron chi connectivity index (χ3n) is 3.03. The smallest absolute Gasteiger partial charge is 0.303 e. The van der Waals surface area contributed by atoms with Crippen molar-refractivity contribution in [3.05, 3.63) is 10.8 Å². The molecule has 18 heavy (non-hydrogen) atoms. The van der Waals surface area contributed by atoms with Crippen LogP contribution in [0.3, 0.4) is 0 Å². The van der Waals surface area contributed by atoms with Gasteiger partial charge in [-0.2, -0.15) is 9.61 Å². The van der Waals surface area contributed by atoms with Gasteiger partial charge < -0.3 is 5.11 Å². The van der Waals surface area contributed by atoms with Gasteiger partial charge in [-0.1, -0.05) is 11.3 Å². The maximum atomic E-state index is 10.4. The first kappa shape index (κ1) is 11.6. The van der Waals surface area contributed by atoms with Gasteiger partial charge in [-0.05, 0) is 25.7 Å². The maximum Gasteiger partial charge on any atom is 0.303 e. The molecule has 0 aliphatic heterocycles. The Kier molecular flexibility index (Phi) is 2.99. The van der Waals surface area contributed by atoms with E-state index in [2.05, 4.69) is 15.3 Å². The van der Waals surface area contributed by atoms with E-state index in [0.29, 0.717) is 12.3 Å². The second kappa shape index (κ2) is 4.64. The SMILES string of the molecule is O=C(O)CCCCc1nn2c(C3CC3)nnc2s1. The Hall–Kier alpha value is -1.50. The second-order valence-electron chi connectivity index (χ2n) is 4.62. The molecule has 96 valence electrons. The standard InChI is InChI=1S/C11H14N4O2S/c16-9(17)4-2-1-3-8-14-15-10(7-5-6-7)12-13-11(15)18-8/h7H,1-6H2,(H,16,17). The van der Waals surface area contributed by atoms with E-state index in [1.807, 2.05) is 4.52 Å². The van der Waals surface area contributed by atoms with Gasteiger partial charge in [0.1, 0.15) is 5.01 Å². The van der Waals surface area contributed by atoms with Crippen molar-refractivity contribution in [2.45, 2.75) is 44.4 Å². The van der Waals surface area contributed by atoms with Crippen molar-refractivity contribution < 1.29 is 9.90 Å². The number of carbonyl (C=O) groups is 1. The van der Waals surface area contributed by atoms with Gasteiger partial charge in [-0.3, -0.25) is 4.79 Å². The predicted octanol–water partition coefficient (Wildman–Crippen LogP) is 1.86. The van der Waals surface area contributed by atoms with Gasteiger partial charge in [0.25, 0.3) is 0 Å². The molecule has 1 aliphatic carbocycles. The summed E-state index contributed by atoms with van der Waals surface area (Å²) in [5, 5.41) is 22.4. The van der Waals surface area contributed by atoms with Crippen LogP contribution < -0.4 is 0 Å². The van der Waals surface area contributed by atoms with Crippen LogP contribution in [0.1, 0.15) is 48.9 Å². The van der Waals surface area contributed by atoms with E-state index >= 15 is 0 Å². The number of carboxylic acids is 1.